The molecule has 1 aliphatic heterocycles. The monoisotopic (exact) mass is 563 g/mol. The van der Waals surface area contributed by atoms with E-state index in [1.807, 2.05) is 19.9 Å². The first kappa shape index (κ1) is 25.2. The molecule has 0 saturated carbocycles. The number of imide groups is 2. The fraction of sp³-hybridized carbons (Fsp3) is 0.111. The molecule has 36 heavy (non-hydrogen) atoms. The highest BCUT2D eigenvalue weighted by molar-refractivity contribution is 9.10. The molecular formula is C27H19BrClN3O4. The number of nitrogens with zero attached hydrogens (tertiary/aromatic N) is 2. The van der Waals surface area contributed by atoms with Crippen molar-refractivity contribution in [3.8, 4) is 11.8 Å². The van der Waals surface area contributed by atoms with Crippen LogP contribution in [0.1, 0.15) is 27.8 Å². The standard InChI is InChI=1S/C27H19BrClN3O4/c1-15-7-8-20(9-16(15)2)32-26(34)21(25(33)31-27(32)35)10-17-11-22(28)24(23(29)12-17)36-14-19-6-4-3-5-18(19)13-30/h3-12H,14H2,1-2H3,(H,31,33,35)/b21-10+. The number of carbonyl (C=O) groups excluding carboxylic acids is 3. The van der Waals surface area contributed by atoms with Gasteiger partial charge < -0.3 is 4.74 Å². The first-order chi connectivity index (χ1) is 17.2. The Labute approximate surface area is 221 Å². The van der Waals surface area contributed by atoms with E-state index in [1.54, 1.807) is 48.5 Å². The number of amides is 4. The zero-order valence-electron chi connectivity index (χ0n) is 19.3. The summed E-state index contributed by atoms with van der Waals surface area (Å²) in [4.78, 5) is 39.1. The Balaban J connectivity index is 1.62. The lowest BCUT2D eigenvalue weighted by Crippen LogP contribution is -2.54. The second kappa shape index (κ2) is 10.4. The fourth-order valence-electron chi connectivity index (χ4n) is 3.63. The van der Waals surface area contributed by atoms with Crippen molar-refractivity contribution in [3.63, 3.8) is 0 Å². The molecule has 0 atom stereocenters. The van der Waals surface area contributed by atoms with Gasteiger partial charge in [0, 0.05) is 5.56 Å². The summed E-state index contributed by atoms with van der Waals surface area (Å²) in [5.41, 5.74) is 3.70. The van der Waals surface area contributed by atoms with Crippen LogP contribution in [-0.4, -0.2) is 17.8 Å². The number of hydrogen-bond acceptors (Lipinski definition) is 5. The maximum Gasteiger partial charge on any atom is 0.335 e. The van der Waals surface area contributed by atoms with Gasteiger partial charge in [-0.1, -0.05) is 35.9 Å². The predicted octanol–water partition coefficient (Wildman–Crippen LogP) is 5.84. The summed E-state index contributed by atoms with van der Waals surface area (Å²) in [6.07, 6.45) is 1.36. The highest BCUT2D eigenvalue weighted by atomic mass is 79.9. The zero-order valence-corrected chi connectivity index (χ0v) is 21.6. The van der Waals surface area contributed by atoms with Crippen molar-refractivity contribution in [3.05, 3.63) is 97.5 Å². The first-order valence-corrected chi connectivity index (χ1v) is 11.9. The Morgan fingerprint density at radius 1 is 1.08 bits per heavy atom. The lowest BCUT2D eigenvalue weighted by Gasteiger charge is -2.27. The average Bonchev–Trinajstić information content (AvgIpc) is 2.83. The summed E-state index contributed by atoms with van der Waals surface area (Å²) in [6.45, 7) is 3.91. The smallest absolute Gasteiger partial charge is 0.335 e. The van der Waals surface area contributed by atoms with E-state index in [4.69, 9.17) is 16.3 Å². The van der Waals surface area contributed by atoms with Crippen LogP contribution in [0.25, 0.3) is 6.08 Å². The molecule has 0 aromatic heterocycles. The van der Waals surface area contributed by atoms with Gasteiger partial charge in [-0.15, -0.1) is 0 Å². The van der Waals surface area contributed by atoms with Gasteiger partial charge in [0.1, 0.15) is 12.2 Å². The van der Waals surface area contributed by atoms with Crippen molar-refractivity contribution in [2.24, 2.45) is 0 Å². The number of anilines is 1. The first-order valence-electron chi connectivity index (χ1n) is 10.8. The van der Waals surface area contributed by atoms with Crippen LogP contribution in [0.4, 0.5) is 10.5 Å². The van der Waals surface area contributed by atoms with Crippen molar-refractivity contribution >= 4 is 57.1 Å². The van der Waals surface area contributed by atoms with Gasteiger partial charge in [-0.2, -0.15) is 5.26 Å². The lowest BCUT2D eigenvalue weighted by atomic mass is 10.0. The number of ether oxygens (including phenoxy) is 1. The highest BCUT2D eigenvalue weighted by Crippen LogP contribution is 2.36. The minimum absolute atomic E-state index is 0.121. The van der Waals surface area contributed by atoms with Crippen molar-refractivity contribution in [1.29, 1.82) is 5.26 Å². The largest absolute Gasteiger partial charge is 0.486 e. The number of urea groups is 1. The van der Waals surface area contributed by atoms with Crippen LogP contribution < -0.4 is 15.0 Å². The number of hydrogen-bond donors (Lipinski definition) is 1. The molecule has 3 aromatic carbocycles. The van der Waals surface area contributed by atoms with E-state index in [0.717, 1.165) is 16.0 Å². The topological polar surface area (TPSA) is 99.5 Å². The molecule has 7 nitrogen and oxygen atoms in total. The number of aryl methyl sites for hydroxylation is 2. The maximum absolute atomic E-state index is 13.2. The molecular weight excluding hydrogens is 546 g/mol. The summed E-state index contributed by atoms with van der Waals surface area (Å²) in [6, 6.07) is 16.7. The maximum atomic E-state index is 13.2. The summed E-state index contributed by atoms with van der Waals surface area (Å²) in [7, 11) is 0. The molecule has 1 N–H and O–H groups in total. The van der Waals surface area contributed by atoms with Crippen LogP contribution in [-0.2, 0) is 16.2 Å². The molecule has 3 aromatic rings. The van der Waals surface area contributed by atoms with Crippen LogP contribution in [0.5, 0.6) is 5.75 Å². The third-order valence-corrected chi connectivity index (χ3v) is 6.56. The summed E-state index contributed by atoms with van der Waals surface area (Å²) in [5, 5.41) is 11.7. The lowest BCUT2D eigenvalue weighted by molar-refractivity contribution is -0.122. The van der Waals surface area contributed by atoms with E-state index >= 15 is 0 Å². The molecule has 1 heterocycles. The van der Waals surface area contributed by atoms with E-state index in [0.29, 0.717) is 32.6 Å². The molecule has 0 bridgehead atoms. The van der Waals surface area contributed by atoms with Crippen molar-refractivity contribution < 1.29 is 19.1 Å². The van der Waals surface area contributed by atoms with Gasteiger partial charge in [-0.3, -0.25) is 14.9 Å². The number of rotatable bonds is 5. The van der Waals surface area contributed by atoms with Gasteiger partial charge in [0.05, 0.1) is 26.8 Å². The second-order valence-electron chi connectivity index (χ2n) is 8.10. The number of carbonyl (C=O) groups is 3. The molecule has 4 rings (SSSR count). The van der Waals surface area contributed by atoms with Gasteiger partial charge in [-0.25, -0.2) is 9.69 Å². The summed E-state index contributed by atoms with van der Waals surface area (Å²) in [5.74, 6) is -1.20. The third kappa shape index (κ3) is 5.03. The Bertz CT molecular complexity index is 1470. The molecule has 0 spiro atoms. The minimum atomic E-state index is -0.814. The van der Waals surface area contributed by atoms with Crippen LogP contribution in [0.2, 0.25) is 5.02 Å². The van der Waals surface area contributed by atoms with Gasteiger partial charge >= 0.3 is 6.03 Å². The quantitative estimate of drug-likeness (QED) is 0.310. The van der Waals surface area contributed by atoms with Gasteiger partial charge in [0.15, 0.2) is 5.75 Å². The van der Waals surface area contributed by atoms with Gasteiger partial charge in [0.2, 0.25) is 0 Å². The van der Waals surface area contributed by atoms with Crippen molar-refractivity contribution in [1.82, 2.24) is 5.32 Å². The summed E-state index contributed by atoms with van der Waals surface area (Å²) < 4.78 is 6.33. The van der Waals surface area contributed by atoms with E-state index in [9.17, 15) is 19.6 Å². The van der Waals surface area contributed by atoms with Crippen molar-refractivity contribution in [2.45, 2.75) is 20.5 Å². The minimum Gasteiger partial charge on any atom is -0.486 e. The average molecular weight is 565 g/mol. The molecule has 0 aliphatic carbocycles. The second-order valence-corrected chi connectivity index (χ2v) is 9.36. The Kier molecular flexibility index (Phi) is 7.25. The number of nitrogens with one attached hydrogen (secondary N) is 1. The van der Waals surface area contributed by atoms with E-state index in [1.165, 1.54) is 6.08 Å². The number of halogens is 2. The SMILES string of the molecule is Cc1ccc(N2C(=O)NC(=O)/C(=C\c3cc(Cl)c(OCc4ccccc4C#N)c(Br)c3)C2=O)cc1C. The summed E-state index contributed by atoms with van der Waals surface area (Å²) >= 11 is 9.87. The Morgan fingerprint density at radius 2 is 1.83 bits per heavy atom. The van der Waals surface area contributed by atoms with Crippen LogP contribution in [0.3, 0.4) is 0 Å². The van der Waals surface area contributed by atoms with E-state index in [-0.39, 0.29) is 17.2 Å². The Hall–Kier alpha value is -3.93. The van der Waals surface area contributed by atoms with E-state index < -0.39 is 17.8 Å². The van der Waals surface area contributed by atoms with Crippen molar-refractivity contribution in [2.75, 3.05) is 4.90 Å². The Morgan fingerprint density at radius 3 is 2.53 bits per heavy atom. The van der Waals surface area contributed by atoms with Gasteiger partial charge in [0.25, 0.3) is 11.8 Å². The number of nitriles is 1. The molecule has 9 heteroatoms. The van der Waals surface area contributed by atoms with Crippen LogP contribution >= 0.6 is 27.5 Å². The predicted molar refractivity (Wildman–Crippen MR) is 140 cm³/mol. The zero-order chi connectivity index (χ0) is 26.0. The molecule has 4 amide bonds. The molecule has 1 aliphatic rings. The highest BCUT2D eigenvalue weighted by Gasteiger charge is 2.37. The number of benzene rings is 3. The third-order valence-electron chi connectivity index (χ3n) is 5.69. The molecule has 1 fully saturated rings. The van der Waals surface area contributed by atoms with Crippen LogP contribution in [0.15, 0.2) is 64.6 Å². The molecule has 0 radical (unpaired) electrons. The fourth-order valence-corrected chi connectivity index (χ4v) is 4.62. The number of barbiturate groups is 1. The normalized spacial score (nSPS) is 14.6. The molecule has 1 saturated heterocycles. The molecule has 0 unspecified atom stereocenters. The van der Waals surface area contributed by atoms with E-state index in [2.05, 4.69) is 27.3 Å². The van der Waals surface area contributed by atoms with Gasteiger partial charge in [-0.05, 0) is 82.9 Å². The molecule has 180 valence electrons. The van der Waals surface area contributed by atoms with Crippen LogP contribution in [0, 0.1) is 25.2 Å².